The van der Waals surface area contributed by atoms with Gasteiger partial charge in [0.15, 0.2) is 0 Å². The lowest BCUT2D eigenvalue weighted by Gasteiger charge is -2.31. The lowest BCUT2D eigenvalue weighted by atomic mass is 10.1. The van der Waals surface area contributed by atoms with Crippen molar-refractivity contribution in [1.82, 2.24) is 16.0 Å². The number of amides is 3. The molecule has 0 aliphatic carbocycles. The normalized spacial score (nSPS) is 13.9. The number of hydrogen-bond donors (Lipinski definition) is 3. The second-order valence-electron chi connectivity index (χ2n) is 10.4. The Kier molecular flexibility index (Phi) is 12.3. The minimum Gasteiger partial charge on any atom is -0.467 e. The zero-order chi connectivity index (χ0) is 28.2. The second kappa shape index (κ2) is 14.4. The molecular formula is C26H41N3O8. The Hall–Kier alpha value is -3.34. The van der Waals surface area contributed by atoms with E-state index in [1.807, 2.05) is 39.0 Å². The fourth-order valence-corrected chi connectivity index (χ4v) is 3.20. The standard InChI is InChI=1S/C26H41N3O8/c1-17(36-25(2,3)4)20(29-24(33)35-16-18-12-10-9-11-13-18)21(30)28-19(22(31)34-8)14-15-27-23(32)37-26(5,6)7/h9-13,17,19-20H,14-16H2,1-8H3,(H,27,32)(H,28,30)(H,29,33)/t17-,19-,20?/m0/s1. The molecular weight excluding hydrogens is 482 g/mol. The highest BCUT2D eigenvalue weighted by Gasteiger charge is 2.34. The van der Waals surface area contributed by atoms with Crippen molar-refractivity contribution < 1.29 is 38.1 Å². The Labute approximate surface area is 218 Å². The summed E-state index contributed by atoms with van der Waals surface area (Å²) in [6, 6.07) is 6.79. The van der Waals surface area contributed by atoms with Crippen LogP contribution in [0.4, 0.5) is 9.59 Å². The number of nitrogens with one attached hydrogen (secondary N) is 3. The molecule has 3 atom stereocenters. The first-order valence-corrected chi connectivity index (χ1v) is 12.1. The van der Waals surface area contributed by atoms with Gasteiger partial charge in [-0.1, -0.05) is 30.3 Å². The summed E-state index contributed by atoms with van der Waals surface area (Å²) in [7, 11) is 1.19. The Morgan fingerprint density at radius 1 is 0.892 bits per heavy atom. The van der Waals surface area contributed by atoms with E-state index in [0.717, 1.165) is 5.56 Å². The largest absolute Gasteiger partial charge is 0.467 e. The Morgan fingerprint density at radius 3 is 2.05 bits per heavy atom. The smallest absolute Gasteiger partial charge is 0.408 e. The average molecular weight is 524 g/mol. The molecule has 11 heteroatoms. The van der Waals surface area contributed by atoms with Crippen molar-refractivity contribution in [3.63, 3.8) is 0 Å². The highest BCUT2D eigenvalue weighted by molar-refractivity contribution is 5.90. The van der Waals surface area contributed by atoms with E-state index in [9.17, 15) is 19.2 Å². The third kappa shape index (κ3) is 13.5. The van der Waals surface area contributed by atoms with Gasteiger partial charge in [-0.25, -0.2) is 14.4 Å². The molecule has 0 radical (unpaired) electrons. The topological polar surface area (TPSA) is 141 Å². The molecule has 0 fully saturated rings. The van der Waals surface area contributed by atoms with Crippen LogP contribution >= 0.6 is 0 Å². The monoisotopic (exact) mass is 523 g/mol. The molecule has 0 aromatic heterocycles. The molecule has 1 unspecified atom stereocenters. The second-order valence-corrected chi connectivity index (χ2v) is 10.4. The van der Waals surface area contributed by atoms with Crippen molar-refractivity contribution in [2.75, 3.05) is 13.7 Å². The quantitative estimate of drug-likeness (QED) is 0.297. The molecule has 0 saturated carbocycles. The number of esters is 1. The molecule has 3 N–H and O–H groups in total. The maximum Gasteiger partial charge on any atom is 0.408 e. The van der Waals surface area contributed by atoms with Crippen LogP contribution in [0.15, 0.2) is 30.3 Å². The summed E-state index contributed by atoms with van der Waals surface area (Å²) in [4.78, 5) is 50.0. The van der Waals surface area contributed by atoms with Crippen molar-refractivity contribution in [2.24, 2.45) is 0 Å². The van der Waals surface area contributed by atoms with Gasteiger partial charge in [0.2, 0.25) is 5.91 Å². The van der Waals surface area contributed by atoms with Gasteiger partial charge in [-0.2, -0.15) is 0 Å². The molecule has 0 heterocycles. The van der Waals surface area contributed by atoms with E-state index in [1.54, 1.807) is 39.8 Å². The van der Waals surface area contributed by atoms with E-state index in [2.05, 4.69) is 16.0 Å². The third-order valence-corrected chi connectivity index (χ3v) is 4.68. The Bertz CT molecular complexity index is 893. The molecule has 0 aliphatic rings. The number of ether oxygens (including phenoxy) is 4. The molecule has 0 saturated heterocycles. The number of carbonyl (C=O) groups excluding carboxylic acids is 4. The van der Waals surface area contributed by atoms with E-state index in [-0.39, 0.29) is 19.6 Å². The SMILES string of the molecule is COC(=O)[C@H](CCNC(=O)OC(C)(C)C)NC(=O)C(NC(=O)OCc1ccccc1)[C@H](C)OC(C)(C)C. The van der Waals surface area contributed by atoms with Gasteiger partial charge in [-0.15, -0.1) is 0 Å². The van der Waals surface area contributed by atoms with Crippen molar-refractivity contribution in [1.29, 1.82) is 0 Å². The van der Waals surface area contributed by atoms with Crippen LogP contribution in [0.3, 0.4) is 0 Å². The van der Waals surface area contributed by atoms with Crippen LogP contribution in [0.5, 0.6) is 0 Å². The molecule has 0 bridgehead atoms. The summed E-state index contributed by atoms with van der Waals surface area (Å²) in [6.45, 7) is 12.3. The van der Waals surface area contributed by atoms with Gasteiger partial charge in [-0.05, 0) is 60.5 Å². The summed E-state index contributed by atoms with van der Waals surface area (Å²) in [5.41, 5.74) is -0.523. The molecule has 208 valence electrons. The predicted octanol–water partition coefficient (Wildman–Crippen LogP) is 3.06. The molecule has 37 heavy (non-hydrogen) atoms. The van der Waals surface area contributed by atoms with Crippen LogP contribution in [0.1, 0.15) is 60.5 Å². The Morgan fingerprint density at radius 2 is 1.51 bits per heavy atom. The van der Waals surface area contributed by atoms with Gasteiger partial charge < -0.3 is 34.9 Å². The van der Waals surface area contributed by atoms with E-state index in [1.165, 1.54) is 7.11 Å². The molecule has 0 aliphatic heterocycles. The van der Waals surface area contributed by atoms with Crippen LogP contribution < -0.4 is 16.0 Å². The molecule has 3 amide bonds. The molecule has 1 aromatic carbocycles. The summed E-state index contributed by atoms with van der Waals surface area (Å²) >= 11 is 0. The van der Waals surface area contributed by atoms with Gasteiger partial charge in [0.1, 0.15) is 24.3 Å². The van der Waals surface area contributed by atoms with Gasteiger partial charge in [0.05, 0.1) is 18.8 Å². The van der Waals surface area contributed by atoms with Crippen molar-refractivity contribution >= 4 is 24.1 Å². The van der Waals surface area contributed by atoms with Crippen LogP contribution in [0.25, 0.3) is 0 Å². The van der Waals surface area contributed by atoms with Crippen molar-refractivity contribution in [2.45, 2.75) is 90.9 Å². The lowest BCUT2D eigenvalue weighted by Crippen LogP contribution is -2.57. The zero-order valence-electron chi connectivity index (χ0n) is 23.0. The van der Waals surface area contributed by atoms with E-state index in [0.29, 0.717) is 0 Å². The number of rotatable bonds is 11. The summed E-state index contributed by atoms with van der Waals surface area (Å²) in [5, 5.41) is 7.65. The van der Waals surface area contributed by atoms with E-state index >= 15 is 0 Å². The molecule has 0 spiro atoms. The van der Waals surface area contributed by atoms with E-state index < -0.39 is 53.5 Å². The van der Waals surface area contributed by atoms with Crippen molar-refractivity contribution in [3.8, 4) is 0 Å². The predicted molar refractivity (Wildman–Crippen MR) is 137 cm³/mol. The highest BCUT2D eigenvalue weighted by atomic mass is 16.6. The number of benzene rings is 1. The van der Waals surface area contributed by atoms with Crippen LogP contribution in [0, 0.1) is 0 Å². The first kappa shape index (κ1) is 31.7. The molecule has 11 nitrogen and oxygen atoms in total. The molecule has 1 aromatic rings. The van der Waals surface area contributed by atoms with Crippen LogP contribution in [-0.4, -0.2) is 67.1 Å². The molecule has 1 rings (SSSR count). The minimum absolute atomic E-state index is 0.0106. The number of methoxy groups -OCH3 is 1. The summed E-state index contributed by atoms with van der Waals surface area (Å²) in [5.74, 6) is -1.39. The maximum absolute atomic E-state index is 13.2. The average Bonchev–Trinajstić information content (AvgIpc) is 2.78. The highest BCUT2D eigenvalue weighted by Crippen LogP contribution is 2.14. The summed E-state index contributed by atoms with van der Waals surface area (Å²) < 4.78 is 21.1. The first-order chi connectivity index (χ1) is 17.1. The van der Waals surface area contributed by atoms with Gasteiger partial charge >= 0.3 is 18.2 Å². The number of hydrogen-bond acceptors (Lipinski definition) is 8. The van der Waals surface area contributed by atoms with Crippen molar-refractivity contribution in [3.05, 3.63) is 35.9 Å². The van der Waals surface area contributed by atoms with Gasteiger partial charge in [-0.3, -0.25) is 4.79 Å². The maximum atomic E-state index is 13.2. The minimum atomic E-state index is -1.19. The zero-order valence-corrected chi connectivity index (χ0v) is 23.0. The van der Waals surface area contributed by atoms with Crippen LogP contribution in [-0.2, 0) is 35.1 Å². The van der Waals surface area contributed by atoms with Crippen LogP contribution in [0.2, 0.25) is 0 Å². The van der Waals surface area contributed by atoms with E-state index in [4.69, 9.17) is 18.9 Å². The van der Waals surface area contributed by atoms with Gasteiger partial charge in [0, 0.05) is 6.54 Å². The fraction of sp³-hybridized carbons (Fsp3) is 0.615. The first-order valence-electron chi connectivity index (χ1n) is 12.1. The Balaban J connectivity index is 2.89. The number of alkyl carbamates (subject to hydrolysis) is 2. The lowest BCUT2D eigenvalue weighted by molar-refractivity contribution is -0.146. The number of carbonyl (C=O) groups is 4. The summed E-state index contributed by atoms with van der Waals surface area (Å²) in [6.07, 6.45) is -2.23. The fourth-order valence-electron chi connectivity index (χ4n) is 3.20. The third-order valence-electron chi connectivity index (χ3n) is 4.68. The van der Waals surface area contributed by atoms with Gasteiger partial charge in [0.25, 0.3) is 0 Å².